The van der Waals surface area contributed by atoms with Gasteiger partial charge in [0, 0.05) is 13.1 Å². The highest BCUT2D eigenvalue weighted by atomic mass is 16.6. The molecule has 2 heterocycles. The molecule has 1 aliphatic carbocycles. The van der Waals surface area contributed by atoms with E-state index in [2.05, 4.69) is 12.2 Å². The van der Waals surface area contributed by atoms with Crippen molar-refractivity contribution in [2.24, 2.45) is 0 Å². The van der Waals surface area contributed by atoms with Crippen molar-refractivity contribution < 1.29 is 9.47 Å². The molecule has 1 N–H and O–H groups in total. The first kappa shape index (κ1) is 11.0. The van der Waals surface area contributed by atoms with Gasteiger partial charge in [0.15, 0.2) is 0 Å². The minimum absolute atomic E-state index is 0.0782. The fourth-order valence-electron chi connectivity index (χ4n) is 3.27. The van der Waals surface area contributed by atoms with E-state index in [4.69, 9.17) is 9.47 Å². The van der Waals surface area contributed by atoms with Gasteiger partial charge in [-0.15, -0.1) is 0 Å². The number of hydrogen-bond acceptors (Lipinski definition) is 3. The molecule has 0 aromatic heterocycles. The molecule has 0 aromatic carbocycles. The molecular formula is C13H23NO2. The van der Waals surface area contributed by atoms with Crippen LogP contribution in [0.3, 0.4) is 0 Å². The second-order valence-corrected chi connectivity index (χ2v) is 6.03. The van der Waals surface area contributed by atoms with Crippen LogP contribution in [0.25, 0.3) is 0 Å². The van der Waals surface area contributed by atoms with Crippen LogP contribution in [0.1, 0.15) is 45.4 Å². The SMILES string of the molecule is CC1(OCC2CCC3(CCCC3)O2)CNC1. The maximum Gasteiger partial charge on any atom is 0.0903 e. The molecule has 2 saturated heterocycles. The summed E-state index contributed by atoms with van der Waals surface area (Å²) in [6, 6.07) is 0. The first-order valence-corrected chi connectivity index (χ1v) is 6.72. The zero-order chi connectivity index (χ0) is 11.1. The molecule has 0 bridgehead atoms. The van der Waals surface area contributed by atoms with E-state index >= 15 is 0 Å². The lowest BCUT2D eigenvalue weighted by atomic mass is 9.98. The van der Waals surface area contributed by atoms with Crippen LogP contribution < -0.4 is 5.32 Å². The van der Waals surface area contributed by atoms with E-state index in [1.54, 1.807) is 0 Å². The van der Waals surface area contributed by atoms with Gasteiger partial charge in [-0.25, -0.2) is 0 Å². The molecule has 1 unspecified atom stereocenters. The first-order chi connectivity index (χ1) is 7.70. The van der Waals surface area contributed by atoms with Gasteiger partial charge in [-0.3, -0.25) is 0 Å². The molecule has 0 aromatic rings. The van der Waals surface area contributed by atoms with Gasteiger partial charge in [0.25, 0.3) is 0 Å². The lowest BCUT2D eigenvalue weighted by Crippen LogP contribution is -2.59. The molecular weight excluding hydrogens is 202 g/mol. The van der Waals surface area contributed by atoms with E-state index in [1.807, 2.05) is 0 Å². The van der Waals surface area contributed by atoms with Gasteiger partial charge in [-0.2, -0.15) is 0 Å². The Bertz CT molecular complexity index is 257. The summed E-state index contributed by atoms with van der Waals surface area (Å²) in [5.41, 5.74) is 0.335. The van der Waals surface area contributed by atoms with E-state index < -0.39 is 0 Å². The second kappa shape index (κ2) is 3.97. The van der Waals surface area contributed by atoms with E-state index in [0.717, 1.165) is 19.7 Å². The summed E-state index contributed by atoms with van der Waals surface area (Å²) in [5, 5.41) is 3.26. The number of rotatable bonds is 3. The number of ether oxygens (including phenoxy) is 2. The Morgan fingerprint density at radius 2 is 2.00 bits per heavy atom. The third-order valence-corrected chi connectivity index (χ3v) is 4.47. The van der Waals surface area contributed by atoms with Gasteiger partial charge >= 0.3 is 0 Å². The van der Waals surface area contributed by atoms with Crippen LogP contribution in [0, 0.1) is 0 Å². The molecule has 16 heavy (non-hydrogen) atoms. The Kier molecular flexibility index (Phi) is 2.73. The third kappa shape index (κ3) is 2.01. The van der Waals surface area contributed by atoms with Crippen LogP contribution in [0.15, 0.2) is 0 Å². The van der Waals surface area contributed by atoms with E-state index in [-0.39, 0.29) is 11.2 Å². The highest BCUT2D eigenvalue weighted by molar-refractivity contribution is 4.94. The van der Waals surface area contributed by atoms with E-state index in [0.29, 0.717) is 6.10 Å². The second-order valence-electron chi connectivity index (χ2n) is 6.03. The van der Waals surface area contributed by atoms with E-state index in [9.17, 15) is 0 Å². The van der Waals surface area contributed by atoms with Gasteiger partial charge in [0.2, 0.25) is 0 Å². The highest BCUT2D eigenvalue weighted by Crippen LogP contribution is 2.43. The standard InChI is InChI=1S/C13H23NO2/c1-12(9-14-10-12)15-8-11-4-7-13(16-11)5-2-3-6-13/h11,14H,2-10H2,1H3. The van der Waals surface area contributed by atoms with Crippen LogP contribution in [0.5, 0.6) is 0 Å². The Morgan fingerprint density at radius 3 is 2.62 bits per heavy atom. The summed E-state index contributed by atoms with van der Waals surface area (Å²) in [6.45, 7) is 4.96. The number of nitrogens with one attached hydrogen (secondary N) is 1. The summed E-state index contributed by atoms with van der Waals surface area (Å²) >= 11 is 0. The van der Waals surface area contributed by atoms with Gasteiger partial charge in [-0.1, -0.05) is 12.8 Å². The van der Waals surface area contributed by atoms with Crippen molar-refractivity contribution >= 4 is 0 Å². The van der Waals surface area contributed by atoms with Crippen molar-refractivity contribution in [2.45, 2.75) is 62.8 Å². The molecule has 0 amide bonds. The fourth-order valence-corrected chi connectivity index (χ4v) is 3.27. The Hall–Kier alpha value is -0.120. The van der Waals surface area contributed by atoms with Gasteiger partial charge in [-0.05, 0) is 32.6 Å². The van der Waals surface area contributed by atoms with Crippen LogP contribution in [0.4, 0.5) is 0 Å². The monoisotopic (exact) mass is 225 g/mol. The fraction of sp³-hybridized carbons (Fsp3) is 1.00. The quantitative estimate of drug-likeness (QED) is 0.795. The van der Waals surface area contributed by atoms with Crippen molar-refractivity contribution in [3.05, 3.63) is 0 Å². The predicted octanol–water partition coefficient (Wildman–Crippen LogP) is 1.86. The Morgan fingerprint density at radius 1 is 1.25 bits per heavy atom. The Labute approximate surface area is 97.9 Å². The van der Waals surface area contributed by atoms with Gasteiger partial charge in [0.05, 0.1) is 23.9 Å². The van der Waals surface area contributed by atoms with Crippen molar-refractivity contribution in [3.8, 4) is 0 Å². The van der Waals surface area contributed by atoms with Crippen molar-refractivity contribution in [1.29, 1.82) is 0 Å². The molecule has 3 fully saturated rings. The molecule has 1 spiro atoms. The maximum atomic E-state index is 6.23. The minimum atomic E-state index is 0.0782. The third-order valence-electron chi connectivity index (χ3n) is 4.47. The van der Waals surface area contributed by atoms with Crippen molar-refractivity contribution in [3.63, 3.8) is 0 Å². The molecule has 2 aliphatic heterocycles. The summed E-state index contributed by atoms with van der Waals surface area (Å²) in [6.07, 6.45) is 8.09. The molecule has 92 valence electrons. The predicted molar refractivity (Wildman–Crippen MR) is 62.5 cm³/mol. The molecule has 3 rings (SSSR count). The zero-order valence-corrected chi connectivity index (χ0v) is 10.3. The summed E-state index contributed by atoms with van der Waals surface area (Å²) in [5.74, 6) is 0. The lowest BCUT2D eigenvalue weighted by Gasteiger charge is -2.39. The normalized spacial score (nSPS) is 35.4. The molecule has 3 nitrogen and oxygen atoms in total. The van der Waals surface area contributed by atoms with Gasteiger partial charge < -0.3 is 14.8 Å². The summed E-state index contributed by atoms with van der Waals surface area (Å²) < 4.78 is 12.2. The van der Waals surface area contributed by atoms with E-state index in [1.165, 1.54) is 38.5 Å². The summed E-state index contributed by atoms with van der Waals surface area (Å²) in [7, 11) is 0. The highest BCUT2D eigenvalue weighted by Gasteiger charge is 2.43. The molecule has 0 radical (unpaired) electrons. The zero-order valence-electron chi connectivity index (χ0n) is 10.3. The van der Waals surface area contributed by atoms with Crippen molar-refractivity contribution in [2.75, 3.05) is 19.7 Å². The van der Waals surface area contributed by atoms with Gasteiger partial charge in [0.1, 0.15) is 0 Å². The molecule has 3 aliphatic rings. The van der Waals surface area contributed by atoms with Crippen LogP contribution >= 0.6 is 0 Å². The molecule has 3 heteroatoms. The molecule has 1 saturated carbocycles. The van der Waals surface area contributed by atoms with Crippen molar-refractivity contribution in [1.82, 2.24) is 5.32 Å². The first-order valence-electron chi connectivity index (χ1n) is 6.72. The largest absolute Gasteiger partial charge is 0.370 e. The van der Waals surface area contributed by atoms with Crippen LogP contribution in [-0.4, -0.2) is 37.0 Å². The van der Waals surface area contributed by atoms with Crippen LogP contribution in [0.2, 0.25) is 0 Å². The Balaban J connectivity index is 1.47. The maximum absolute atomic E-state index is 6.23. The minimum Gasteiger partial charge on any atom is -0.370 e. The van der Waals surface area contributed by atoms with Crippen LogP contribution in [-0.2, 0) is 9.47 Å². The summed E-state index contributed by atoms with van der Waals surface area (Å²) in [4.78, 5) is 0. The smallest absolute Gasteiger partial charge is 0.0903 e. The number of hydrogen-bond donors (Lipinski definition) is 1. The average Bonchev–Trinajstić information content (AvgIpc) is 2.84. The molecule has 1 atom stereocenters. The average molecular weight is 225 g/mol. The lowest BCUT2D eigenvalue weighted by molar-refractivity contribution is -0.124. The topological polar surface area (TPSA) is 30.5 Å².